The van der Waals surface area contributed by atoms with Gasteiger partial charge >= 0.3 is 0 Å². The van der Waals surface area contributed by atoms with Gasteiger partial charge in [0.05, 0.1) is 4.90 Å². The topological polar surface area (TPSA) is 63.4 Å². The van der Waals surface area contributed by atoms with Crippen molar-refractivity contribution in [1.82, 2.24) is 4.31 Å². The van der Waals surface area contributed by atoms with Crippen LogP contribution in [0, 0.1) is 0 Å². The summed E-state index contributed by atoms with van der Waals surface area (Å²) in [5.41, 5.74) is 6.73. The molecule has 1 fully saturated rings. The summed E-state index contributed by atoms with van der Waals surface area (Å²) in [6, 6.07) is 7.02. The van der Waals surface area contributed by atoms with Crippen LogP contribution in [0.4, 0.5) is 0 Å². The van der Waals surface area contributed by atoms with Crippen LogP contribution in [0.1, 0.15) is 57.6 Å². The zero-order valence-electron chi connectivity index (χ0n) is 13.0. The minimum Gasteiger partial charge on any atom is -0.324 e. The van der Waals surface area contributed by atoms with Gasteiger partial charge in [-0.1, -0.05) is 38.3 Å². The summed E-state index contributed by atoms with van der Waals surface area (Å²) in [7, 11) is -3.43. The number of hydrogen-bond donors (Lipinski definition) is 1. The van der Waals surface area contributed by atoms with Gasteiger partial charge in [-0.3, -0.25) is 0 Å². The second-order valence-electron chi connectivity index (χ2n) is 5.86. The van der Waals surface area contributed by atoms with Crippen molar-refractivity contribution in [2.75, 3.05) is 6.54 Å². The fourth-order valence-electron chi connectivity index (χ4n) is 3.09. The summed E-state index contributed by atoms with van der Waals surface area (Å²) in [6.07, 6.45) is 5.40. The molecular formula is C16H26N2O2S. The van der Waals surface area contributed by atoms with Gasteiger partial charge in [0.25, 0.3) is 0 Å². The molecule has 0 heterocycles. The molecule has 5 heteroatoms. The van der Waals surface area contributed by atoms with Crippen molar-refractivity contribution in [1.29, 1.82) is 0 Å². The summed E-state index contributed by atoms with van der Waals surface area (Å²) in [5.74, 6) is 0. The van der Waals surface area contributed by atoms with E-state index in [1.807, 2.05) is 19.9 Å². The Bertz CT molecular complexity index is 563. The minimum atomic E-state index is -3.43. The highest BCUT2D eigenvalue weighted by Gasteiger charge is 2.31. The fraction of sp³-hybridized carbons (Fsp3) is 0.625. The zero-order valence-corrected chi connectivity index (χ0v) is 13.8. The first-order valence-electron chi connectivity index (χ1n) is 7.84. The quantitative estimate of drug-likeness (QED) is 0.909. The molecular weight excluding hydrogens is 284 g/mol. The van der Waals surface area contributed by atoms with Crippen LogP contribution in [0.3, 0.4) is 0 Å². The molecule has 1 aliphatic carbocycles. The van der Waals surface area contributed by atoms with E-state index in [-0.39, 0.29) is 12.1 Å². The van der Waals surface area contributed by atoms with Gasteiger partial charge in [-0.15, -0.1) is 0 Å². The Balaban J connectivity index is 2.32. The van der Waals surface area contributed by atoms with Gasteiger partial charge in [0, 0.05) is 18.6 Å². The molecule has 0 spiro atoms. The maximum atomic E-state index is 12.9. The average Bonchev–Trinajstić information content (AvgIpc) is 2.49. The third-order valence-electron chi connectivity index (χ3n) is 4.28. The van der Waals surface area contributed by atoms with Gasteiger partial charge in [0.2, 0.25) is 10.0 Å². The molecule has 118 valence electrons. The van der Waals surface area contributed by atoms with E-state index in [1.54, 1.807) is 22.5 Å². The zero-order chi connectivity index (χ0) is 15.5. The van der Waals surface area contributed by atoms with Gasteiger partial charge in [-0.2, -0.15) is 4.31 Å². The van der Waals surface area contributed by atoms with Crippen LogP contribution in [0.5, 0.6) is 0 Å². The Kier molecular flexibility index (Phi) is 5.41. The molecule has 2 rings (SSSR count). The highest BCUT2D eigenvalue weighted by molar-refractivity contribution is 7.89. The van der Waals surface area contributed by atoms with Crippen LogP contribution in [-0.2, 0) is 10.0 Å². The normalized spacial score (nSPS) is 18.9. The first kappa shape index (κ1) is 16.5. The molecule has 1 atom stereocenters. The highest BCUT2D eigenvalue weighted by atomic mass is 32.2. The van der Waals surface area contributed by atoms with E-state index in [4.69, 9.17) is 5.73 Å². The lowest BCUT2D eigenvalue weighted by molar-refractivity contribution is 0.261. The molecule has 1 saturated carbocycles. The van der Waals surface area contributed by atoms with E-state index < -0.39 is 10.0 Å². The molecule has 4 nitrogen and oxygen atoms in total. The summed E-state index contributed by atoms with van der Waals surface area (Å²) >= 11 is 0. The number of hydrogen-bond acceptors (Lipinski definition) is 3. The van der Waals surface area contributed by atoms with Crippen molar-refractivity contribution >= 4 is 10.0 Å². The lowest BCUT2D eigenvalue weighted by Crippen LogP contribution is -2.41. The standard InChI is InChI=1S/C16H26N2O2S/c1-3-18(15-9-5-4-6-10-15)21(19,20)16-11-7-8-14(12-16)13(2)17/h7-8,11-13,15H,3-6,9-10,17H2,1-2H3. The molecule has 2 N–H and O–H groups in total. The first-order valence-corrected chi connectivity index (χ1v) is 9.28. The van der Waals surface area contributed by atoms with Gasteiger partial charge in [-0.05, 0) is 37.5 Å². The van der Waals surface area contributed by atoms with Gasteiger partial charge < -0.3 is 5.73 Å². The Morgan fingerprint density at radius 3 is 2.52 bits per heavy atom. The minimum absolute atomic E-state index is 0.146. The predicted octanol–water partition coefficient (Wildman–Crippen LogP) is 3.05. The Morgan fingerprint density at radius 2 is 1.95 bits per heavy atom. The summed E-state index contributed by atoms with van der Waals surface area (Å²) < 4.78 is 27.5. The molecule has 21 heavy (non-hydrogen) atoms. The molecule has 0 aliphatic heterocycles. The molecule has 1 aromatic carbocycles. The summed E-state index contributed by atoms with van der Waals surface area (Å²) in [6.45, 7) is 4.31. The van der Waals surface area contributed by atoms with E-state index in [0.29, 0.717) is 11.4 Å². The number of rotatable bonds is 5. The van der Waals surface area contributed by atoms with Crippen LogP contribution in [0.2, 0.25) is 0 Å². The van der Waals surface area contributed by atoms with E-state index in [1.165, 1.54) is 6.42 Å². The smallest absolute Gasteiger partial charge is 0.243 e. The second kappa shape index (κ2) is 6.90. The predicted molar refractivity (Wildman–Crippen MR) is 85.5 cm³/mol. The Hall–Kier alpha value is -0.910. The largest absolute Gasteiger partial charge is 0.324 e. The third kappa shape index (κ3) is 3.65. The molecule has 0 bridgehead atoms. The van der Waals surface area contributed by atoms with Gasteiger partial charge in [0.1, 0.15) is 0 Å². The fourth-order valence-corrected chi connectivity index (χ4v) is 4.84. The molecule has 1 aliphatic rings. The van der Waals surface area contributed by atoms with Crippen LogP contribution >= 0.6 is 0 Å². The lowest BCUT2D eigenvalue weighted by Gasteiger charge is -2.32. The number of benzene rings is 1. The molecule has 0 aromatic heterocycles. The Labute approximate surface area is 128 Å². The maximum absolute atomic E-state index is 12.9. The van der Waals surface area contributed by atoms with E-state index in [0.717, 1.165) is 31.2 Å². The number of nitrogens with two attached hydrogens (primary N) is 1. The van der Waals surface area contributed by atoms with Gasteiger partial charge in [-0.25, -0.2) is 8.42 Å². The molecule has 1 unspecified atom stereocenters. The van der Waals surface area contributed by atoms with Crippen molar-refractivity contribution in [3.8, 4) is 0 Å². The molecule has 0 amide bonds. The SMILES string of the molecule is CCN(C1CCCCC1)S(=O)(=O)c1cccc(C(C)N)c1. The second-order valence-corrected chi connectivity index (χ2v) is 7.75. The maximum Gasteiger partial charge on any atom is 0.243 e. The van der Waals surface area contributed by atoms with Crippen molar-refractivity contribution in [2.45, 2.75) is 62.9 Å². The van der Waals surface area contributed by atoms with Crippen LogP contribution < -0.4 is 5.73 Å². The van der Waals surface area contributed by atoms with Crippen molar-refractivity contribution in [3.05, 3.63) is 29.8 Å². The van der Waals surface area contributed by atoms with E-state index in [9.17, 15) is 8.42 Å². The average molecular weight is 310 g/mol. The van der Waals surface area contributed by atoms with E-state index in [2.05, 4.69) is 0 Å². The van der Waals surface area contributed by atoms with Crippen molar-refractivity contribution < 1.29 is 8.42 Å². The molecule has 1 aromatic rings. The third-order valence-corrected chi connectivity index (χ3v) is 6.31. The first-order chi connectivity index (χ1) is 9.96. The van der Waals surface area contributed by atoms with Gasteiger partial charge in [0.15, 0.2) is 0 Å². The van der Waals surface area contributed by atoms with Crippen LogP contribution in [0.15, 0.2) is 29.2 Å². The van der Waals surface area contributed by atoms with Crippen LogP contribution in [-0.4, -0.2) is 25.3 Å². The highest BCUT2D eigenvalue weighted by Crippen LogP contribution is 2.28. The lowest BCUT2D eigenvalue weighted by atomic mass is 9.95. The molecule has 0 saturated heterocycles. The molecule has 0 radical (unpaired) electrons. The Morgan fingerprint density at radius 1 is 1.29 bits per heavy atom. The number of sulfonamides is 1. The summed E-state index contributed by atoms with van der Waals surface area (Å²) in [4.78, 5) is 0.365. The van der Waals surface area contributed by atoms with Crippen molar-refractivity contribution in [2.24, 2.45) is 5.73 Å². The van der Waals surface area contributed by atoms with Crippen LogP contribution in [0.25, 0.3) is 0 Å². The van der Waals surface area contributed by atoms with Crippen molar-refractivity contribution in [3.63, 3.8) is 0 Å². The monoisotopic (exact) mass is 310 g/mol. The summed E-state index contributed by atoms with van der Waals surface area (Å²) in [5, 5.41) is 0. The number of nitrogens with zero attached hydrogens (tertiary/aromatic N) is 1. The van der Waals surface area contributed by atoms with E-state index >= 15 is 0 Å².